The first-order valence-corrected chi connectivity index (χ1v) is 7.95. The van der Waals surface area contributed by atoms with E-state index in [1.165, 1.54) is 0 Å². The molecular formula is C19H16N4O3. The summed E-state index contributed by atoms with van der Waals surface area (Å²) in [6.07, 6.45) is 0.496. The Balaban J connectivity index is 1.61. The highest BCUT2D eigenvalue weighted by Crippen LogP contribution is 2.27. The second-order valence-electron chi connectivity index (χ2n) is 5.45. The summed E-state index contributed by atoms with van der Waals surface area (Å²) in [5.74, 6) is 1.23. The van der Waals surface area contributed by atoms with Gasteiger partial charge in [0.15, 0.2) is 0 Å². The summed E-state index contributed by atoms with van der Waals surface area (Å²) in [6.45, 7) is 0. The van der Waals surface area contributed by atoms with Gasteiger partial charge in [-0.3, -0.25) is 4.79 Å². The predicted octanol–water partition coefficient (Wildman–Crippen LogP) is 3.19. The molecule has 2 aromatic carbocycles. The third-order valence-electron chi connectivity index (χ3n) is 3.66. The molecule has 1 aromatic heterocycles. The Bertz CT molecular complexity index is 959. The number of aryl methyl sites for hydroxylation is 1. The van der Waals surface area contributed by atoms with E-state index < -0.39 is 0 Å². The van der Waals surface area contributed by atoms with E-state index >= 15 is 0 Å². The summed E-state index contributed by atoms with van der Waals surface area (Å²) in [5, 5.41) is 15.6. The lowest BCUT2D eigenvalue weighted by Crippen LogP contribution is -2.12. The van der Waals surface area contributed by atoms with Crippen LogP contribution >= 0.6 is 0 Å². The van der Waals surface area contributed by atoms with Crippen molar-refractivity contribution in [3.05, 3.63) is 60.0 Å². The number of aromatic nitrogens is 2. The summed E-state index contributed by atoms with van der Waals surface area (Å²) >= 11 is 0. The van der Waals surface area contributed by atoms with E-state index in [1.54, 1.807) is 31.4 Å². The second-order valence-corrected chi connectivity index (χ2v) is 5.45. The van der Waals surface area contributed by atoms with Crippen LogP contribution in [-0.4, -0.2) is 23.2 Å². The van der Waals surface area contributed by atoms with Crippen molar-refractivity contribution in [1.29, 1.82) is 5.26 Å². The van der Waals surface area contributed by atoms with Crippen LogP contribution in [0, 0.1) is 11.3 Å². The number of nitrogens with one attached hydrogen (secondary N) is 1. The number of ether oxygens (including phenoxy) is 1. The zero-order chi connectivity index (χ0) is 18.4. The van der Waals surface area contributed by atoms with Gasteiger partial charge in [0, 0.05) is 18.5 Å². The minimum Gasteiger partial charge on any atom is -0.496 e. The van der Waals surface area contributed by atoms with E-state index in [0.29, 0.717) is 35.1 Å². The number of rotatable bonds is 6. The van der Waals surface area contributed by atoms with E-state index in [4.69, 9.17) is 14.5 Å². The second kappa shape index (κ2) is 7.94. The van der Waals surface area contributed by atoms with Crippen LogP contribution in [0.15, 0.2) is 53.1 Å². The molecule has 130 valence electrons. The highest BCUT2D eigenvalue weighted by Gasteiger charge is 2.14. The van der Waals surface area contributed by atoms with Crippen LogP contribution in [0.3, 0.4) is 0 Å². The molecule has 0 saturated heterocycles. The number of anilines is 1. The first kappa shape index (κ1) is 17.2. The lowest BCUT2D eigenvalue weighted by atomic mass is 10.2. The molecule has 0 aliphatic carbocycles. The van der Waals surface area contributed by atoms with Crippen molar-refractivity contribution in [2.75, 3.05) is 12.4 Å². The van der Waals surface area contributed by atoms with Gasteiger partial charge in [-0.1, -0.05) is 23.4 Å². The highest BCUT2D eigenvalue weighted by atomic mass is 16.5. The molecule has 3 rings (SSSR count). The molecule has 0 bridgehead atoms. The van der Waals surface area contributed by atoms with Gasteiger partial charge in [-0.25, -0.2) is 0 Å². The van der Waals surface area contributed by atoms with Crippen molar-refractivity contribution < 1.29 is 14.1 Å². The molecule has 0 fully saturated rings. The number of carbonyl (C=O) groups is 1. The van der Waals surface area contributed by atoms with Crippen LogP contribution in [0.5, 0.6) is 5.75 Å². The number of hydrogen-bond acceptors (Lipinski definition) is 6. The molecule has 1 N–H and O–H groups in total. The predicted molar refractivity (Wildman–Crippen MR) is 94.4 cm³/mol. The minimum atomic E-state index is -0.197. The van der Waals surface area contributed by atoms with Crippen LogP contribution in [-0.2, 0) is 11.2 Å². The molecule has 7 nitrogen and oxygen atoms in total. The summed E-state index contributed by atoms with van der Waals surface area (Å²) in [5.41, 5.74) is 1.79. The van der Waals surface area contributed by atoms with Gasteiger partial charge in [0.25, 0.3) is 0 Å². The van der Waals surface area contributed by atoms with Crippen LogP contribution in [0.2, 0.25) is 0 Å². The van der Waals surface area contributed by atoms with Gasteiger partial charge in [-0.2, -0.15) is 10.2 Å². The maximum absolute atomic E-state index is 12.1. The molecule has 0 atom stereocenters. The number of carbonyl (C=O) groups excluding carboxylic acids is 1. The molecule has 0 aliphatic heterocycles. The van der Waals surface area contributed by atoms with E-state index in [1.807, 2.05) is 30.3 Å². The quantitative estimate of drug-likeness (QED) is 0.734. The summed E-state index contributed by atoms with van der Waals surface area (Å²) < 4.78 is 10.5. The molecule has 1 amide bonds. The smallest absolute Gasteiger partial charge is 0.227 e. The first-order valence-electron chi connectivity index (χ1n) is 7.95. The minimum absolute atomic E-state index is 0.185. The van der Waals surface area contributed by atoms with Crippen molar-refractivity contribution in [2.45, 2.75) is 12.8 Å². The average Bonchev–Trinajstić information content (AvgIpc) is 3.15. The third-order valence-corrected chi connectivity index (χ3v) is 3.66. The van der Waals surface area contributed by atoms with E-state index in [0.717, 1.165) is 5.56 Å². The van der Waals surface area contributed by atoms with Gasteiger partial charge >= 0.3 is 0 Å². The summed E-state index contributed by atoms with van der Waals surface area (Å²) in [4.78, 5) is 16.4. The van der Waals surface area contributed by atoms with Gasteiger partial charge in [-0.05, 0) is 30.3 Å². The molecule has 7 heteroatoms. The fourth-order valence-corrected chi connectivity index (χ4v) is 2.41. The van der Waals surface area contributed by atoms with Crippen molar-refractivity contribution in [3.8, 4) is 23.2 Å². The van der Waals surface area contributed by atoms with E-state index in [-0.39, 0.29) is 12.3 Å². The van der Waals surface area contributed by atoms with Gasteiger partial charge in [0.05, 0.1) is 24.3 Å². The molecule has 3 aromatic rings. The molecule has 26 heavy (non-hydrogen) atoms. The van der Waals surface area contributed by atoms with Gasteiger partial charge < -0.3 is 14.6 Å². The molecule has 0 radical (unpaired) electrons. The van der Waals surface area contributed by atoms with Crippen LogP contribution in [0.4, 0.5) is 5.69 Å². The van der Waals surface area contributed by atoms with Crippen molar-refractivity contribution in [1.82, 2.24) is 10.1 Å². The Labute approximate surface area is 150 Å². The number of hydrogen-bond donors (Lipinski definition) is 1. The zero-order valence-corrected chi connectivity index (χ0v) is 14.1. The van der Waals surface area contributed by atoms with Crippen molar-refractivity contribution in [2.24, 2.45) is 0 Å². The van der Waals surface area contributed by atoms with Gasteiger partial charge in [0.1, 0.15) is 5.75 Å². The van der Waals surface area contributed by atoms with E-state index in [9.17, 15) is 4.79 Å². The number of amides is 1. The Morgan fingerprint density at radius 2 is 2.12 bits per heavy atom. The fraction of sp³-hybridized carbons (Fsp3) is 0.158. The molecule has 0 saturated carbocycles. The van der Waals surface area contributed by atoms with Gasteiger partial charge in [-0.15, -0.1) is 0 Å². The van der Waals surface area contributed by atoms with Crippen LogP contribution < -0.4 is 10.1 Å². The third kappa shape index (κ3) is 4.05. The Hall–Kier alpha value is -3.66. The van der Waals surface area contributed by atoms with Crippen LogP contribution in [0.1, 0.15) is 17.9 Å². The number of para-hydroxylation sites is 1. The highest BCUT2D eigenvalue weighted by molar-refractivity contribution is 5.90. The number of benzene rings is 2. The lowest BCUT2D eigenvalue weighted by molar-refractivity contribution is -0.116. The standard InChI is InChI=1S/C19H16N4O3/c1-25-16-8-3-2-7-15(16)19-22-18(26-23-19)10-9-17(24)21-14-6-4-5-13(11-14)12-20/h2-8,11H,9-10H2,1H3,(H,21,24). The van der Waals surface area contributed by atoms with Crippen molar-refractivity contribution >= 4 is 11.6 Å². The fourth-order valence-electron chi connectivity index (χ4n) is 2.41. The summed E-state index contributed by atoms with van der Waals surface area (Å²) in [6, 6.07) is 16.1. The Morgan fingerprint density at radius 1 is 1.27 bits per heavy atom. The molecule has 0 unspecified atom stereocenters. The molecular weight excluding hydrogens is 332 g/mol. The van der Waals surface area contributed by atoms with Crippen LogP contribution in [0.25, 0.3) is 11.4 Å². The Kier molecular flexibility index (Phi) is 5.25. The normalized spacial score (nSPS) is 10.2. The molecule has 0 aliphatic rings. The monoisotopic (exact) mass is 348 g/mol. The topological polar surface area (TPSA) is 101 Å². The first-order chi connectivity index (χ1) is 12.7. The number of nitrogens with zero attached hydrogens (tertiary/aromatic N) is 3. The zero-order valence-electron chi connectivity index (χ0n) is 14.1. The molecule has 1 heterocycles. The number of methoxy groups -OCH3 is 1. The maximum atomic E-state index is 12.1. The largest absolute Gasteiger partial charge is 0.496 e. The molecule has 0 spiro atoms. The number of nitriles is 1. The lowest BCUT2D eigenvalue weighted by Gasteiger charge is -2.04. The van der Waals surface area contributed by atoms with Crippen molar-refractivity contribution in [3.63, 3.8) is 0 Å². The maximum Gasteiger partial charge on any atom is 0.227 e. The SMILES string of the molecule is COc1ccccc1-c1noc(CCC(=O)Nc2cccc(C#N)c2)n1. The van der Waals surface area contributed by atoms with E-state index in [2.05, 4.69) is 15.5 Å². The average molecular weight is 348 g/mol. The summed E-state index contributed by atoms with van der Waals surface area (Å²) in [7, 11) is 1.57. The Morgan fingerprint density at radius 3 is 2.92 bits per heavy atom. The van der Waals surface area contributed by atoms with Gasteiger partial charge in [0.2, 0.25) is 17.6 Å².